The van der Waals surface area contributed by atoms with Crippen molar-refractivity contribution in [3.05, 3.63) is 47.5 Å². The Balaban J connectivity index is 2.22. The summed E-state index contributed by atoms with van der Waals surface area (Å²) < 4.78 is 10.9. The second kappa shape index (κ2) is 5.55. The summed E-state index contributed by atoms with van der Waals surface area (Å²) in [6, 6.07) is 12.7. The molecule has 3 nitrogen and oxygen atoms in total. The Morgan fingerprint density at radius 3 is 2.45 bits per heavy atom. The van der Waals surface area contributed by atoms with Gasteiger partial charge in [-0.15, -0.1) is 0 Å². The molecule has 1 heterocycles. The predicted molar refractivity (Wildman–Crippen MR) is 80.4 cm³/mol. The minimum Gasteiger partial charge on any atom is -0.493 e. The summed E-state index contributed by atoms with van der Waals surface area (Å²) >= 11 is 0. The van der Waals surface area contributed by atoms with E-state index in [1.165, 1.54) is 22.3 Å². The van der Waals surface area contributed by atoms with E-state index in [1.807, 2.05) is 0 Å². The molecular formula is C17H19NO2. The summed E-state index contributed by atoms with van der Waals surface area (Å²) in [5, 5.41) is 3.48. The molecule has 0 bridgehead atoms. The zero-order valence-corrected chi connectivity index (χ0v) is 11.9. The molecule has 1 N–H and O–H groups in total. The Labute approximate surface area is 119 Å². The zero-order chi connectivity index (χ0) is 13.9. The highest BCUT2D eigenvalue weighted by atomic mass is 16.5. The minimum absolute atomic E-state index is 0.787. The molecule has 2 aromatic carbocycles. The predicted octanol–water partition coefficient (Wildman–Crippen LogP) is 3.02. The number of ether oxygens (including phenoxy) is 2. The first-order valence-corrected chi connectivity index (χ1v) is 6.87. The SMILES string of the molecule is COc1cc2c(cc1OC)-c1ccccc1CNCC2. The first-order chi connectivity index (χ1) is 9.83. The van der Waals surface area contributed by atoms with Crippen molar-refractivity contribution in [1.82, 2.24) is 5.32 Å². The standard InChI is InChI=1S/C17H19NO2/c1-19-16-9-12-7-8-18-11-13-5-3-4-6-14(13)15(12)10-17(16)20-2/h3-6,9-10,18H,7-8,11H2,1-2H3. The molecule has 0 radical (unpaired) electrons. The van der Waals surface area contributed by atoms with E-state index in [-0.39, 0.29) is 0 Å². The first kappa shape index (κ1) is 13.0. The molecule has 3 heteroatoms. The summed E-state index contributed by atoms with van der Waals surface area (Å²) in [6.07, 6.45) is 0.990. The quantitative estimate of drug-likeness (QED) is 0.909. The second-order valence-corrected chi connectivity index (χ2v) is 4.95. The van der Waals surface area contributed by atoms with Gasteiger partial charge >= 0.3 is 0 Å². The van der Waals surface area contributed by atoms with Gasteiger partial charge in [0.25, 0.3) is 0 Å². The monoisotopic (exact) mass is 269 g/mol. The molecule has 0 saturated heterocycles. The van der Waals surface area contributed by atoms with Gasteiger partial charge in [0.2, 0.25) is 0 Å². The number of hydrogen-bond donors (Lipinski definition) is 1. The van der Waals surface area contributed by atoms with Crippen molar-refractivity contribution in [3.63, 3.8) is 0 Å². The Hall–Kier alpha value is -2.00. The summed E-state index contributed by atoms with van der Waals surface area (Å²) in [4.78, 5) is 0. The van der Waals surface area contributed by atoms with Gasteiger partial charge in [0, 0.05) is 6.54 Å². The van der Waals surface area contributed by atoms with E-state index in [2.05, 4.69) is 41.7 Å². The number of methoxy groups -OCH3 is 2. The molecule has 0 atom stereocenters. The fourth-order valence-electron chi connectivity index (χ4n) is 2.76. The average Bonchev–Trinajstić information content (AvgIpc) is 2.49. The Morgan fingerprint density at radius 2 is 1.65 bits per heavy atom. The van der Waals surface area contributed by atoms with Crippen molar-refractivity contribution in [2.75, 3.05) is 20.8 Å². The molecule has 0 aromatic heterocycles. The maximum absolute atomic E-state index is 5.45. The van der Waals surface area contributed by atoms with Gasteiger partial charge in [0.05, 0.1) is 14.2 Å². The van der Waals surface area contributed by atoms with Gasteiger partial charge in [-0.25, -0.2) is 0 Å². The van der Waals surface area contributed by atoms with Gasteiger partial charge in [-0.05, 0) is 47.4 Å². The number of rotatable bonds is 2. The molecule has 104 valence electrons. The van der Waals surface area contributed by atoms with Crippen molar-refractivity contribution >= 4 is 0 Å². The van der Waals surface area contributed by atoms with Gasteiger partial charge in [-0.3, -0.25) is 0 Å². The van der Waals surface area contributed by atoms with Crippen LogP contribution >= 0.6 is 0 Å². The van der Waals surface area contributed by atoms with E-state index in [0.717, 1.165) is 31.0 Å². The van der Waals surface area contributed by atoms with Crippen LogP contribution in [0.15, 0.2) is 36.4 Å². The molecule has 0 saturated carbocycles. The van der Waals surface area contributed by atoms with Crippen LogP contribution < -0.4 is 14.8 Å². The maximum Gasteiger partial charge on any atom is 0.161 e. The van der Waals surface area contributed by atoms with Crippen LogP contribution in [0.1, 0.15) is 11.1 Å². The lowest BCUT2D eigenvalue weighted by Crippen LogP contribution is -2.19. The highest BCUT2D eigenvalue weighted by Crippen LogP contribution is 2.37. The molecule has 0 aliphatic carbocycles. The fourth-order valence-corrected chi connectivity index (χ4v) is 2.76. The molecule has 3 rings (SSSR count). The summed E-state index contributed by atoms with van der Waals surface area (Å²) in [7, 11) is 3.36. The van der Waals surface area contributed by atoms with Crippen molar-refractivity contribution < 1.29 is 9.47 Å². The average molecular weight is 269 g/mol. The van der Waals surface area contributed by atoms with Crippen LogP contribution in [0.5, 0.6) is 11.5 Å². The van der Waals surface area contributed by atoms with E-state index < -0.39 is 0 Å². The summed E-state index contributed by atoms with van der Waals surface area (Å²) in [5.74, 6) is 1.58. The highest BCUT2D eigenvalue weighted by molar-refractivity contribution is 5.74. The minimum atomic E-state index is 0.787. The van der Waals surface area contributed by atoms with Gasteiger partial charge in [-0.1, -0.05) is 24.3 Å². The van der Waals surface area contributed by atoms with Crippen molar-refractivity contribution in [1.29, 1.82) is 0 Å². The molecule has 0 unspecified atom stereocenters. The van der Waals surface area contributed by atoms with E-state index in [9.17, 15) is 0 Å². The van der Waals surface area contributed by atoms with Gasteiger partial charge < -0.3 is 14.8 Å². The second-order valence-electron chi connectivity index (χ2n) is 4.95. The molecule has 0 amide bonds. The van der Waals surface area contributed by atoms with Crippen LogP contribution in [0.3, 0.4) is 0 Å². The number of fused-ring (bicyclic) bond motifs is 3. The van der Waals surface area contributed by atoms with E-state index in [0.29, 0.717) is 0 Å². The topological polar surface area (TPSA) is 30.5 Å². The molecule has 0 spiro atoms. The zero-order valence-electron chi connectivity index (χ0n) is 11.9. The lowest BCUT2D eigenvalue weighted by Gasteiger charge is -2.20. The molecule has 0 fully saturated rings. The highest BCUT2D eigenvalue weighted by Gasteiger charge is 2.16. The van der Waals surface area contributed by atoms with Crippen LogP contribution in [0.2, 0.25) is 0 Å². The molecular weight excluding hydrogens is 250 g/mol. The number of hydrogen-bond acceptors (Lipinski definition) is 3. The van der Waals surface area contributed by atoms with Gasteiger partial charge in [0.15, 0.2) is 11.5 Å². The van der Waals surface area contributed by atoms with Crippen LogP contribution in [0, 0.1) is 0 Å². The third kappa shape index (κ3) is 2.25. The normalized spacial score (nSPS) is 13.7. The van der Waals surface area contributed by atoms with Crippen molar-refractivity contribution in [2.24, 2.45) is 0 Å². The van der Waals surface area contributed by atoms with Gasteiger partial charge in [0.1, 0.15) is 0 Å². The van der Waals surface area contributed by atoms with Crippen LogP contribution in [-0.4, -0.2) is 20.8 Å². The van der Waals surface area contributed by atoms with Crippen LogP contribution in [0.4, 0.5) is 0 Å². The number of nitrogens with one attached hydrogen (secondary N) is 1. The fraction of sp³-hybridized carbons (Fsp3) is 0.294. The smallest absolute Gasteiger partial charge is 0.161 e. The Morgan fingerprint density at radius 1 is 0.900 bits per heavy atom. The molecule has 1 aliphatic heterocycles. The summed E-state index contributed by atoms with van der Waals surface area (Å²) in [5.41, 5.74) is 5.14. The van der Waals surface area contributed by atoms with Crippen molar-refractivity contribution in [2.45, 2.75) is 13.0 Å². The third-order valence-electron chi connectivity index (χ3n) is 3.80. The molecule has 1 aliphatic rings. The lowest BCUT2D eigenvalue weighted by atomic mass is 9.92. The third-order valence-corrected chi connectivity index (χ3v) is 3.80. The maximum atomic E-state index is 5.45. The van der Waals surface area contributed by atoms with Crippen molar-refractivity contribution in [3.8, 4) is 22.6 Å². The van der Waals surface area contributed by atoms with Crippen LogP contribution in [-0.2, 0) is 13.0 Å². The van der Waals surface area contributed by atoms with E-state index in [1.54, 1.807) is 14.2 Å². The Bertz CT molecular complexity index is 622. The molecule has 2 aromatic rings. The molecule has 20 heavy (non-hydrogen) atoms. The number of benzene rings is 2. The lowest BCUT2D eigenvalue weighted by molar-refractivity contribution is 0.354. The van der Waals surface area contributed by atoms with E-state index in [4.69, 9.17) is 9.47 Å². The largest absolute Gasteiger partial charge is 0.493 e. The van der Waals surface area contributed by atoms with Crippen LogP contribution in [0.25, 0.3) is 11.1 Å². The van der Waals surface area contributed by atoms with Gasteiger partial charge in [-0.2, -0.15) is 0 Å². The Kier molecular flexibility index (Phi) is 3.61. The first-order valence-electron chi connectivity index (χ1n) is 6.87. The van der Waals surface area contributed by atoms with E-state index >= 15 is 0 Å². The summed E-state index contributed by atoms with van der Waals surface area (Å²) in [6.45, 7) is 1.88.